The highest BCUT2D eigenvalue weighted by molar-refractivity contribution is 5.29. The molecule has 1 aromatic rings. The predicted molar refractivity (Wildman–Crippen MR) is 84.3 cm³/mol. The van der Waals surface area contributed by atoms with Gasteiger partial charge in [0.05, 0.1) is 6.61 Å². The zero-order valence-electron chi connectivity index (χ0n) is 12.8. The Balaban J connectivity index is 1.41. The molecule has 1 unspecified atom stereocenters. The number of nitrogens with zero attached hydrogens (tertiary/aromatic N) is 1. The number of rotatable bonds is 5. The second kappa shape index (κ2) is 5.71. The van der Waals surface area contributed by atoms with Crippen molar-refractivity contribution in [2.45, 2.75) is 38.3 Å². The second-order valence-corrected chi connectivity index (χ2v) is 7.19. The Labute approximate surface area is 127 Å². The van der Waals surface area contributed by atoms with Crippen molar-refractivity contribution in [1.82, 2.24) is 10.2 Å². The molecular weight excluding hydrogens is 260 g/mol. The number of fused-ring (bicyclic) bond motifs is 1. The molecule has 1 atom stereocenters. The van der Waals surface area contributed by atoms with Gasteiger partial charge in [0.15, 0.2) is 0 Å². The third kappa shape index (κ3) is 3.15. The summed E-state index contributed by atoms with van der Waals surface area (Å²) in [6.45, 7) is 6.50. The lowest BCUT2D eigenvalue weighted by Gasteiger charge is -2.37. The van der Waals surface area contributed by atoms with E-state index in [-0.39, 0.29) is 0 Å². The zero-order valence-corrected chi connectivity index (χ0v) is 12.8. The lowest BCUT2D eigenvalue weighted by molar-refractivity contribution is 0.102. The van der Waals surface area contributed by atoms with Gasteiger partial charge < -0.3 is 10.1 Å². The van der Waals surface area contributed by atoms with Gasteiger partial charge in [-0.1, -0.05) is 24.3 Å². The van der Waals surface area contributed by atoms with Gasteiger partial charge in [0.1, 0.15) is 0 Å². The van der Waals surface area contributed by atoms with Crippen molar-refractivity contribution in [2.24, 2.45) is 5.41 Å². The smallest absolute Gasteiger partial charge is 0.0547 e. The summed E-state index contributed by atoms with van der Waals surface area (Å²) in [6, 6.07) is 9.72. The highest BCUT2D eigenvalue weighted by Gasteiger charge is 2.38. The molecule has 0 bridgehead atoms. The molecule has 0 radical (unpaired) electrons. The second-order valence-electron chi connectivity index (χ2n) is 7.19. The SMILES string of the molecule is c1ccc2c(c1)CCN(CC1(CNC3CC3)CCOC1)C2. The van der Waals surface area contributed by atoms with Crippen LogP contribution in [0.1, 0.15) is 30.4 Å². The molecule has 2 aliphatic heterocycles. The molecule has 3 heteroatoms. The largest absolute Gasteiger partial charge is 0.381 e. The minimum atomic E-state index is 0.342. The van der Waals surface area contributed by atoms with Crippen molar-refractivity contribution in [3.05, 3.63) is 35.4 Å². The van der Waals surface area contributed by atoms with E-state index < -0.39 is 0 Å². The van der Waals surface area contributed by atoms with Crippen LogP contribution in [0.3, 0.4) is 0 Å². The van der Waals surface area contributed by atoms with E-state index in [1.807, 2.05) is 0 Å². The van der Waals surface area contributed by atoms with Crippen LogP contribution in [0.2, 0.25) is 0 Å². The normalized spacial score (nSPS) is 29.5. The van der Waals surface area contributed by atoms with Crippen molar-refractivity contribution < 1.29 is 4.74 Å². The number of benzene rings is 1. The number of ether oxygens (including phenoxy) is 1. The fraction of sp³-hybridized carbons (Fsp3) is 0.667. The minimum absolute atomic E-state index is 0.342. The van der Waals surface area contributed by atoms with Crippen molar-refractivity contribution in [3.8, 4) is 0 Å². The molecule has 2 heterocycles. The molecule has 2 fully saturated rings. The maximum Gasteiger partial charge on any atom is 0.0547 e. The Bertz CT molecular complexity index is 492. The molecule has 0 aromatic heterocycles. The van der Waals surface area contributed by atoms with Crippen LogP contribution in [-0.2, 0) is 17.7 Å². The average molecular weight is 286 g/mol. The molecule has 1 aliphatic carbocycles. The van der Waals surface area contributed by atoms with E-state index in [0.29, 0.717) is 5.41 Å². The van der Waals surface area contributed by atoms with Crippen LogP contribution >= 0.6 is 0 Å². The van der Waals surface area contributed by atoms with E-state index in [0.717, 1.165) is 32.3 Å². The van der Waals surface area contributed by atoms with Crippen LogP contribution < -0.4 is 5.32 Å². The van der Waals surface area contributed by atoms with E-state index in [1.165, 1.54) is 44.3 Å². The summed E-state index contributed by atoms with van der Waals surface area (Å²) in [7, 11) is 0. The van der Waals surface area contributed by atoms with Crippen LogP contribution in [0.15, 0.2) is 24.3 Å². The molecule has 1 saturated heterocycles. The first-order valence-corrected chi connectivity index (χ1v) is 8.43. The summed E-state index contributed by atoms with van der Waals surface area (Å²) in [4.78, 5) is 2.64. The van der Waals surface area contributed by atoms with Crippen LogP contribution in [0.25, 0.3) is 0 Å². The van der Waals surface area contributed by atoms with Gasteiger partial charge in [-0.25, -0.2) is 0 Å². The van der Waals surface area contributed by atoms with E-state index >= 15 is 0 Å². The number of nitrogens with one attached hydrogen (secondary N) is 1. The van der Waals surface area contributed by atoms with Crippen LogP contribution in [0.4, 0.5) is 0 Å². The summed E-state index contributed by atoms with van der Waals surface area (Å²) < 4.78 is 5.76. The first-order chi connectivity index (χ1) is 10.3. The molecule has 0 amide bonds. The molecule has 114 valence electrons. The molecule has 1 saturated carbocycles. The molecule has 1 aromatic carbocycles. The van der Waals surface area contributed by atoms with Crippen molar-refractivity contribution in [1.29, 1.82) is 0 Å². The molecule has 3 aliphatic rings. The predicted octanol–water partition coefficient (Wildman–Crippen LogP) is 2.20. The highest BCUT2D eigenvalue weighted by Crippen LogP contribution is 2.32. The topological polar surface area (TPSA) is 24.5 Å². The first-order valence-electron chi connectivity index (χ1n) is 8.43. The summed E-state index contributed by atoms with van der Waals surface area (Å²) >= 11 is 0. The molecule has 3 nitrogen and oxygen atoms in total. The van der Waals surface area contributed by atoms with Gasteiger partial charge in [-0.15, -0.1) is 0 Å². The highest BCUT2D eigenvalue weighted by atomic mass is 16.5. The molecule has 4 rings (SSSR count). The maximum atomic E-state index is 5.76. The van der Waals surface area contributed by atoms with Gasteiger partial charge in [-0.2, -0.15) is 0 Å². The first kappa shape index (κ1) is 13.7. The van der Waals surface area contributed by atoms with Crippen LogP contribution in [0, 0.1) is 5.41 Å². The summed E-state index contributed by atoms with van der Waals surface area (Å²) in [5.74, 6) is 0. The monoisotopic (exact) mass is 286 g/mol. The Morgan fingerprint density at radius 3 is 2.86 bits per heavy atom. The molecular formula is C18H26N2O. The molecule has 21 heavy (non-hydrogen) atoms. The summed E-state index contributed by atoms with van der Waals surface area (Å²) in [5.41, 5.74) is 3.41. The quantitative estimate of drug-likeness (QED) is 0.898. The standard InChI is InChI=1S/C18H26N2O/c1-2-4-16-11-20(9-7-15(16)3-1)13-18(8-10-21-14-18)12-19-17-5-6-17/h1-4,17,19H,5-14H2. The summed E-state index contributed by atoms with van der Waals surface area (Å²) in [5, 5.41) is 3.74. The summed E-state index contributed by atoms with van der Waals surface area (Å²) in [6.07, 6.45) is 5.15. The van der Waals surface area contributed by atoms with Gasteiger partial charge in [-0.3, -0.25) is 4.90 Å². The molecule has 1 N–H and O–H groups in total. The van der Waals surface area contributed by atoms with Crippen molar-refractivity contribution >= 4 is 0 Å². The molecule has 0 spiro atoms. The minimum Gasteiger partial charge on any atom is -0.381 e. The van der Waals surface area contributed by atoms with Gasteiger partial charge in [0.25, 0.3) is 0 Å². The third-order valence-electron chi connectivity index (χ3n) is 5.30. The van der Waals surface area contributed by atoms with Crippen LogP contribution in [-0.4, -0.2) is 43.8 Å². The lowest BCUT2D eigenvalue weighted by atomic mass is 9.85. The maximum absolute atomic E-state index is 5.76. The number of hydrogen-bond acceptors (Lipinski definition) is 3. The Morgan fingerprint density at radius 2 is 2.10 bits per heavy atom. The van der Waals surface area contributed by atoms with E-state index in [1.54, 1.807) is 5.56 Å². The van der Waals surface area contributed by atoms with E-state index in [9.17, 15) is 0 Å². The van der Waals surface area contributed by atoms with Crippen molar-refractivity contribution in [2.75, 3.05) is 32.8 Å². The van der Waals surface area contributed by atoms with Gasteiger partial charge >= 0.3 is 0 Å². The lowest BCUT2D eigenvalue weighted by Crippen LogP contribution is -2.46. The zero-order chi connectivity index (χ0) is 14.1. The Morgan fingerprint density at radius 1 is 1.24 bits per heavy atom. The van der Waals surface area contributed by atoms with Crippen LogP contribution in [0.5, 0.6) is 0 Å². The Hall–Kier alpha value is -0.900. The van der Waals surface area contributed by atoms with Crippen molar-refractivity contribution in [3.63, 3.8) is 0 Å². The van der Waals surface area contributed by atoms with Gasteiger partial charge in [0.2, 0.25) is 0 Å². The van der Waals surface area contributed by atoms with Gasteiger partial charge in [-0.05, 0) is 36.8 Å². The fourth-order valence-corrected chi connectivity index (χ4v) is 3.78. The Kier molecular flexibility index (Phi) is 3.74. The third-order valence-corrected chi connectivity index (χ3v) is 5.30. The number of hydrogen-bond donors (Lipinski definition) is 1. The van der Waals surface area contributed by atoms with E-state index in [4.69, 9.17) is 4.74 Å². The van der Waals surface area contributed by atoms with E-state index in [2.05, 4.69) is 34.5 Å². The fourth-order valence-electron chi connectivity index (χ4n) is 3.78. The average Bonchev–Trinajstić information content (AvgIpc) is 3.25. The van der Waals surface area contributed by atoms with Gasteiger partial charge in [0, 0.05) is 44.2 Å².